The molecule has 90 valence electrons. The summed E-state index contributed by atoms with van der Waals surface area (Å²) in [4.78, 5) is 2.54. The fourth-order valence-corrected chi connectivity index (χ4v) is 4.31. The molecule has 0 N–H and O–H groups in total. The quantitative estimate of drug-likeness (QED) is 0.685. The number of likely N-dealkylation sites (tertiary alicyclic amines) is 1. The summed E-state index contributed by atoms with van der Waals surface area (Å²) in [5.41, 5.74) is 0. The van der Waals surface area contributed by atoms with Crippen LogP contribution < -0.4 is 0 Å². The highest BCUT2D eigenvalue weighted by Gasteiger charge is 2.39. The maximum atomic E-state index is 5.52. The maximum absolute atomic E-state index is 5.52. The molecule has 0 aromatic heterocycles. The summed E-state index contributed by atoms with van der Waals surface area (Å²) < 4.78 is 11.0. The molecule has 0 amide bonds. The molecule has 1 aliphatic heterocycles. The van der Waals surface area contributed by atoms with Crippen molar-refractivity contribution >= 4 is 9.28 Å². The van der Waals surface area contributed by atoms with Gasteiger partial charge in [0, 0.05) is 14.2 Å². The number of hydrogen-bond donors (Lipinski definition) is 0. The van der Waals surface area contributed by atoms with E-state index in [1.165, 1.54) is 25.9 Å². The number of piperidine rings is 1. The molecule has 1 fully saturated rings. The Morgan fingerprint density at radius 2 is 1.60 bits per heavy atom. The summed E-state index contributed by atoms with van der Waals surface area (Å²) >= 11 is 0. The molecule has 0 bridgehead atoms. The summed E-state index contributed by atoms with van der Waals surface area (Å²) in [5.74, 6) is 0.877. The molecule has 0 spiro atoms. The van der Waals surface area contributed by atoms with Gasteiger partial charge in [-0.15, -0.1) is 0 Å². The lowest BCUT2D eigenvalue weighted by Gasteiger charge is -2.44. The molecule has 1 aliphatic rings. The van der Waals surface area contributed by atoms with Crippen molar-refractivity contribution in [3.8, 4) is 0 Å². The molecule has 0 unspecified atom stereocenters. The van der Waals surface area contributed by atoms with E-state index in [4.69, 9.17) is 8.85 Å². The number of nitrogens with zero attached hydrogens (tertiary/aromatic N) is 1. The molecule has 15 heavy (non-hydrogen) atoms. The first kappa shape index (κ1) is 13.2. The van der Waals surface area contributed by atoms with E-state index in [2.05, 4.69) is 25.7 Å². The van der Waals surface area contributed by atoms with Crippen molar-refractivity contribution in [2.75, 3.05) is 27.3 Å². The van der Waals surface area contributed by atoms with Gasteiger partial charge in [0.15, 0.2) is 0 Å². The molecule has 0 aromatic rings. The molecule has 1 heterocycles. The van der Waals surface area contributed by atoms with Crippen LogP contribution in [-0.4, -0.2) is 46.7 Å². The fraction of sp³-hybridized carbons (Fsp3) is 1.00. The lowest BCUT2D eigenvalue weighted by atomic mass is 9.98. The van der Waals surface area contributed by atoms with Crippen molar-refractivity contribution < 1.29 is 8.85 Å². The van der Waals surface area contributed by atoms with Crippen molar-refractivity contribution in [3.63, 3.8) is 0 Å². The third-order valence-electron chi connectivity index (χ3n) is 3.60. The molecular formula is C11H25NO2Si. The van der Waals surface area contributed by atoms with E-state index in [0.29, 0.717) is 0 Å². The van der Waals surface area contributed by atoms with Crippen LogP contribution in [0.4, 0.5) is 0 Å². The van der Waals surface area contributed by atoms with Crippen molar-refractivity contribution in [1.29, 1.82) is 0 Å². The highest BCUT2D eigenvalue weighted by Crippen LogP contribution is 2.25. The van der Waals surface area contributed by atoms with E-state index >= 15 is 0 Å². The second kappa shape index (κ2) is 5.43. The molecule has 4 heteroatoms. The van der Waals surface area contributed by atoms with Crippen LogP contribution >= 0.6 is 0 Å². The Hall–Kier alpha value is 0.0969. The second-order valence-corrected chi connectivity index (χ2v) is 8.15. The Labute approximate surface area is 95.6 Å². The third-order valence-corrected chi connectivity index (χ3v) is 5.98. The van der Waals surface area contributed by atoms with Gasteiger partial charge in [0.2, 0.25) is 0 Å². The van der Waals surface area contributed by atoms with Crippen LogP contribution in [0.15, 0.2) is 0 Å². The maximum Gasteiger partial charge on any atom is 0.341 e. The molecule has 3 nitrogen and oxygen atoms in total. The zero-order chi connectivity index (χ0) is 11.5. The summed E-state index contributed by atoms with van der Waals surface area (Å²) in [5, 5.41) is 0.101. The number of hydrogen-bond acceptors (Lipinski definition) is 3. The topological polar surface area (TPSA) is 21.7 Å². The van der Waals surface area contributed by atoms with Gasteiger partial charge in [-0.2, -0.15) is 0 Å². The van der Waals surface area contributed by atoms with E-state index in [9.17, 15) is 0 Å². The minimum absolute atomic E-state index is 0.101. The van der Waals surface area contributed by atoms with Gasteiger partial charge in [0.25, 0.3) is 0 Å². The van der Waals surface area contributed by atoms with E-state index in [-0.39, 0.29) is 5.16 Å². The lowest BCUT2D eigenvalue weighted by Crippen LogP contribution is -2.58. The first-order valence-corrected chi connectivity index (χ1v) is 7.35. The normalized spacial score (nSPS) is 21.2. The molecule has 0 aromatic carbocycles. The van der Waals surface area contributed by atoms with Gasteiger partial charge in [-0.3, -0.25) is 4.90 Å². The average molecular weight is 231 g/mol. The van der Waals surface area contributed by atoms with E-state index in [1.807, 2.05) is 0 Å². The Bertz CT molecular complexity index is 187. The average Bonchev–Trinajstić information content (AvgIpc) is 2.19. The molecule has 0 radical (unpaired) electrons. The zero-order valence-electron chi connectivity index (χ0n) is 10.7. The summed E-state index contributed by atoms with van der Waals surface area (Å²) in [6.07, 6.45) is 2.61. The summed E-state index contributed by atoms with van der Waals surface area (Å²) in [6, 6.07) is 0. The van der Waals surface area contributed by atoms with E-state index in [1.54, 1.807) is 14.2 Å². The van der Waals surface area contributed by atoms with Crippen LogP contribution in [0.3, 0.4) is 0 Å². The molecular weight excluding hydrogens is 206 g/mol. The second-order valence-electron chi connectivity index (χ2n) is 5.13. The van der Waals surface area contributed by atoms with Crippen LogP contribution in [0.5, 0.6) is 0 Å². The van der Waals surface area contributed by atoms with Gasteiger partial charge in [0.05, 0.1) is 5.16 Å². The van der Waals surface area contributed by atoms with E-state index in [0.717, 1.165) is 5.92 Å². The van der Waals surface area contributed by atoms with Crippen molar-refractivity contribution in [1.82, 2.24) is 4.90 Å². The van der Waals surface area contributed by atoms with Crippen LogP contribution in [0.1, 0.15) is 33.6 Å². The highest BCUT2D eigenvalue weighted by atomic mass is 28.3. The molecule has 1 saturated heterocycles. The lowest BCUT2D eigenvalue weighted by molar-refractivity contribution is 0.0920. The third kappa shape index (κ3) is 3.03. The van der Waals surface area contributed by atoms with Crippen LogP contribution in [0.25, 0.3) is 0 Å². The standard InChI is InChI=1S/C11H25NO2Si/c1-10-6-8-12(9-7-10)11(2,3)15(13-4)14-5/h10,15H,6-9H2,1-5H3. The first-order valence-electron chi connectivity index (χ1n) is 5.83. The van der Waals surface area contributed by atoms with Crippen LogP contribution in [-0.2, 0) is 8.85 Å². The first-order chi connectivity index (χ1) is 7.02. The zero-order valence-corrected chi connectivity index (χ0v) is 11.9. The van der Waals surface area contributed by atoms with Gasteiger partial charge in [-0.25, -0.2) is 0 Å². The smallest absolute Gasteiger partial charge is 0.341 e. The van der Waals surface area contributed by atoms with Gasteiger partial charge < -0.3 is 8.85 Å². The Morgan fingerprint density at radius 1 is 1.13 bits per heavy atom. The van der Waals surface area contributed by atoms with Crippen LogP contribution in [0.2, 0.25) is 0 Å². The van der Waals surface area contributed by atoms with Gasteiger partial charge in [-0.05, 0) is 45.7 Å². The van der Waals surface area contributed by atoms with Crippen molar-refractivity contribution in [3.05, 3.63) is 0 Å². The summed E-state index contributed by atoms with van der Waals surface area (Å²) in [6.45, 7) is 9.22. The van der Waals surface area contributed by atoms with Crippen LogP contribution in [0, 0.1) is 5.92 Å². The molecule has 0 saturated carbocycles. The summed E-state index contributed by atoms with van der Waals surface area (Å²) in [7, 11) is 1.98. The molecule has 1 rings (SSSR count). The SMILES string of the molecule is CO[SiH](OC)C(C)(C)N1CCC(C)CC1. The molecule has 0 atom stereocenters. The van der Waals surface area contributed by atoms with Gasteiger partial charge >= 0.3 is 9.28 Å². The Kier molecular flexibility index (Phi) is 4.77. The minimum Gasteiger partial charge on any atom is -0.399 e. The number of rotatable bonds is 4. The minimum atomic E-state index is -1.57. The predicted molar refractivity (Wildman–Crippen MR) is 65.2 cm³/mol. The Morgan fingerprint density at radius 3 is 2.00 bits per heavy atom. The monoisotopic (exact) mass is 231 g/mol. The van der Waals surface area contributed by atoms with E-state index < -0.39 is 9.28 Å². The van der Waals surface area contributed by atoms with Crippen molar-refractivity contribution in [2.45, 2.75) is 38.8 Å². The predicted octanol–water partition coefficient (Wildman–Crippen LogP) is 1.55. The van der Waals surface area contributed by atoms with Crippen molar-refractivity contribution in [2.24, 2.45) is 5.92 Å². The Balaban J connectivity index is 2.59. The fourth-order valence-electron chi connectivity index (χ4n) is 2.41. The largest absolute Gasteiger partial charge is 0.399 e. The van der Waals surface area contributed by atoms with Gasteiger partial charge in [0.1, 0.15) is 0 Å². The van der Waals surface area contributed by atoms with Gasteiger partial charge in [-0.1, -0.05) is 6.92 Å². The highest BCUT2D eigenvalue weighted by molar-refractivity contribution is 6.48. The molecule has 0 aliphatic carbocycles.